The zero-order chi connectivity index (χ0) is 19.0. The summed E-state index contributed by atoms with van der Waals surface area (Å²) in [4.78, 5) is 39.1. The van der Waals surface area contributed by atoms with Crippen LogP contribution >= 0.6 is 35.0 Å². The fourth-order valence-corrected chi connectivity index (χ4v) is 2.59. The Balaban J connectivity index is 2.67. The molecule has 8 nitrogen and oxygen atoms in total. The first-order valence-electron chi connectivity index (χ1n) is 7.12. The maximum Gasteiger partial charge on any atom is 0.329 e. The fourth-order valence-electron chi connectivity index (χ4n) is 1.69. The number of thioether (sulfide) groups is 1. The summed E-state index contributed by atoms with van der Waals surface area (Å²) in [7, 11) is 0. The van der Waals surface area contributed by atoms with Gasteiger partial charge >= 0.3 is 12.0 Å². The maximum atomic E-state index is 12.1. The third-order valence-corrected chi connectivity index (χ3v) is 4.06. The topological polar surface area (TPSA) is 123 Å². The zero-order valence-electron chi connectivity index (χ0n) is 13.5. The number of rotatable bonds is 8. The van der Waals surface area contributed by atoms with Crippen LogP contribution in [0.5, 0.6) is 0 Å². The average molecular weight is 409 g/mol. The Kier molecular flexibility index (Phi) is 8.81. The summed E-state index contributed by atoms with van der Waals surface area (Å²) in [5.74, 6) is -0.697. The normalized spacial score (nSPS) is 12.8. The van der Waals surface area contributed by atoms with Gasteiger partial charge in [0.25, 0.3) is 5.91 Å². The molecule has 0 unspecified atom stereocenters. The van der Waals surface area contributed by atoms with Crippen molar-refractivity contribution in [3.8, 4) is 0 Å². The number of hydrogen-bond donors (Lipinski definition) is 3. The third kappa shape index (κ3) is 7.37. The van der Waals surface area contributed by atoms with Crippen molar-refractivity contribution in [1.29, 1.82) is 0 Å². The molecule has 1 aromatic rings. The first-order valence-corrected chi connectivity index (χ1v) is 9.26. The number of hydrogen-bond acceptors (Lipinski definition) is 6. The third-order valence-electron chi connectivity index (χ3n) is 2.92. The second-order valence-corrected chi connectivity index (χ2v) is 6.72. The van der Waals surface area contributed by atoms with Crippen LogP contribution in [-0.4, -0.2) is 47.0 Å². The van der Waals surface area contributed by atoms with Gasteiger partial charge in [0.05, 0.1) is 10.0 Å². The molecule has 4 N–H and O–H groups in total. The Morgan fingerprint density at radius 1 is 1.40 bits per heavy atom. The van der Waals surface area contributed by atoms with E-state index in [1.165, 1.54) is 30.9 Å². The summed E-state index contributed by atoms with van der Waals surface area (Å²) in [6.45, 7) is 1.38. The molecule has 0 aromatic carbocycles. The van der Waals surface area contributed by atoms with Crippen LogP contribution < -0.4 is 16.4 Å². The summed E-state index contributed by atoms with van der Waals surface area (Å²) >= 11 is 13.1. The quantitative estimate of drug-likeness (QED) is 0.565. The molecule has 1 aromatic heterocycles. The lowest BCUT2D eigenvalue weighted by atomic mass is 10.2. The standard InChI is InChI=1S/C14H18Cl2N4O4S/c1-7(12(21)20-11-9(16)5-8(15)6-18-11)24-13(22)10(3-4-25-2)19-14(17)23/h5-7,10H,3-4H2,1-2H3,(H3,17,19,23)(H,18,20,21)/t7-,10-/m0/s1. The smallest absolute Gasteiger partial charge is 0.329 e. The lowest BCUT2D eigenvalue weighted by Crippen LogP contribution is -2.46. The molecule has 2 atom stereocenters. The summed E-state index contributed by atoms with van der Waals surface area (Å²) < 4.78 is 5.08. The van der Waals surface area contributed by atoms with E-state index in [0.29, 0.717) is 17.2 Å². The molecule has 25 heavy (non-hydrogen) atoms. The van der Waals surface area contributed by atoms with E-state index in [4.69, 9.17) is 33.7 Å². The highest BCUT2D eigenvalue weighted by Crippen LogP contribution is 2.22. The molecule has 1 rings (SSSR count). The summed E-state index contributed by atoms with van der Waals surface area (Å²) in [5.41, 5.74) is 5.05. The molecule has 0 aliphatic heterocycles. The van der Waals surface area contributed by atoms with E-state index < -0.39 is 30.1 Å². The van der Waals surface area contributed by atoms with Crippen molar-refractivity contribution in [2.45, 2.75) is 25.5 Å². The molecule has 1 heterocycles. The largest absolute Gasteiger partial charge is 0.451 e. The van der Waals surface area contributed by atoms with Crippen LogP contribution in [0.25, 0.3) is 0 Å². The average Bonchev–Trinajstić information content (AvgIpc) is 2.53. The predicted octanol–water partition coefficient (Wildman–Crippen LogP) is 2.05. The van der Waals surface area contributed by atoms with Gasteiger partial charge in [-0.25, -0.2) is 14.6 Å². The molecular formula is C14H18Cl2N4O4S. The summed E-state index contributed by atoms with van der Waals surface area (Å²) in [6, 6.07) is -0.368. The van der Waals surface area contributed by atoms with Crippen molar-refractivity contribution in [3.05, 3.63) is 22.3 Å². The van der Waals surface area contributed by atoms with Gasteiger partial charge < -0.3 is 21.1 Å². The second-order valence-electron chi connectivity index (χ2n) is 4.89. The van der Waals surface area contributed by atoms with Crippen molar-refractivity contribution in [1.82, 2.24) is 10.3 Å². The Bertz CT molecular complexity index is 647. The lowest BCUT2D eigenvalue weighted by molar-refractivity contribution is -0.155. The van der Waals surface area contributed by atoms with Gasteiger partial charge in [-0.2, -0.15) is 11.8 Å². The Hall–Kier alpha value is -1.71. The van der Waals surface area contributed by atoms with Gasteiger partial charge in [0, 0.05) is 6.20 Å². The maximum absolute atomic E-state index is 12.1. The molecule has 0 saturated carbocycles. The number of urea groups is 1. The molecule has 0 aliphatic carbocycles. The molecule has 0 fully saturated rings. The number of carbonyl (C=O) groups excluding carboxylic acids is 3. The number of ether oxygens (including phenoxy) is 1. The Morgan fingerprint density at radius 2 is 2.08 bits per heavy atom. The monoisotopic (exact) mass is 408 g/mol. The van der Waals surface area contributed by atoms with Gasteiger partial charge in [0.1, 0.15) is 6.04 Å². The number of nitrogens with one attached hydrogen (secondary N) is 2. The van der Waals surface area contributed by atoms with Crippen LogP contribution in [0.15, 0.2) is 12.3 Å². The number of aromatic nitrogens is 1. The van der Waals surface area contributed by atoms with Gasteiger partial charge in [0.2, 0.25) is 0 Å². The molecule has 138 valence electrons. The highest BCUT2D eigenvalue weighted by Gasteiger charge is 2.26. The molecule has 0 saturated heterocycles. The number of primary amides is 1. The molecule has 3 amide bonds. The van der Waals surface area contributed by atoms with Crippen molar-refractivity contribution < 1.29 is 19.1 Å². The Morgan fingerprint density at radius 3 is 2.64 bits per heavy atom. The van der Waals surface area contributed by atoms with Crippen LogP contribution in [0.1, 0.15) is 13.3 Å². The Labute approximate surface area is 159 Å². The number of esters is 1. The molecule has 11 heteroatoms. The zero-order valence-corrected chi connectivity index (χ0v) is 15.9. The van der Waals surface area contributed by atoms with Crippen LogP contribution in [0.4, 0.5) is 10.6 Å². The first-order chi connectivity index (χ1) is 11.7. The number of nitrogens with zero attached hydrogens (tertiary/aromatic N) is 1. The first kappa shape index (κ1) is 21.3. The van der Waals surface area contributed by atoms with Crippen LogP contribution in [0, 0.1) is 0 Å². The van der Waals surface area contributed by atoms with Crippen LogP contribution in [-0.2, 0) is 14.3 Å². The highest BCUT2D eigenvalue weighted by molar-refractivity contribution is 7.98. The van der Waals surface area contributed by atoms with Crippen molar-refractivity contribution >= 4 is 58.7 Å². The highest BCUT2D eigenvalue weighted by atomic mass is 35.5. The van der Waals surface area contributed by atoms with Crippen LogP contribution in [0.3, 0.4) is 0 Å². The molecular weight excluding hydrogens is 391 g/mol. The van der Waals surface area contributed by atoms with Gasteiger partial charge in [-0.15, -0.1) is 0 Å². The SMILES string of the molecule is CSCC[C@H](NC(N)=O)C(=O)O[C@@H](C)C(=O)Nc1ncc(Cl)cc1Cl. The van der Waals surface area contributed by atoms with E-state index in [-0.39, 0.29) is 10.8 Å². The molecule has 0 aliphatic rings. The number of nitrogens with two attached hydrogens (primary N) is 1. The van der Waals surface area contributed by atoms with Gasteiger partial charge in [-0.05, 0) is 31.4 Å². The minimum Gasteiger partial charge on any atom is -0.451 e. The van der Waals surface area contributed by atoms with E-state index in [1.807, 2.05) is 6.26 Å². The number of amides is 3. The van der Waals surface area contributed by atoms with Gasteiger partial charge in [-0.1, -0.05) is 23.2 Å². The number of pyridine rings is 1. The van der Waals surface area contributed by atoms with E-state index in [2.05, 4.69) is 15.6 Å². The second kappa shape index (κ2) is 10.3. The van der Waals surface area contributed by atoms with E-state index in [0.717, 1.165) is 0 Å². The van der Waals surface area contributed by atoms with E-state index >= 15 is 0 Å². The van der Waals surface area contributed by atoms with E-state index in [9.17, 15) is 14.4 Å². The predicted molar refractivity (Wildman–Crippen MR) is 97.9 cm³/mol. The van der Waals surface area contributed by atoms with Gasteiger partial charge in [-0.3, -0.25) is 4.79 Å². The fraction of sp³-hybridized carbons (Fsp3) is 0.429. The number of halogens is 2. The molecule has 0 radical (unpaired) electrons. The van der Waals surface area contributed by atoms with E-state index in [1.54, 1.807) is 0 Å². The van der Waals surface area contributed by atoms with Gasteiger partial charge in [0.15, 0.2) is 11.9 Å². The minimum absolute atomic E-state index is 0.0909. The molecule has 0 spiro atoms. The van der Waals surface area contributed by atoms with Crippen molar-refractivity contribution in [2.24, 2.45) is 5.73 Å². The summed E-state index contributed by atoms with van der Waals surface area (Å²) in [5, 5.41) is 5.19. The molecule has 0 bridgehead atoms. The number of carbonyl (C=O) groups is 3. The summed E-state index contributed by atoms with van der Waals surface area (Å²) in [6.07, 6.45) is 2.36. The minimum atomic E-state index is -1.13. The lowest BCUT2D eigenvalue weighted by Gasteiger charge is -2.19. The van der Waals surface area contributed by atoms with Crippen molar-refractivity contribution in [2.75, 3.05) is 17.3 Å². The van der Waals surface area contributed by atoms with Crippen LogP contribution in [0.2, 0.25) is 10.0 Å². The number of anilines is 1. The van der Waals surface area contributed by atoms with Crippen molar-refractivity contribution in [3.63, 3.8) is 0 Å².